The van der Waals surface area contributed by atoms with E-state index in [1.54, 1.807) is 0 Å². The van der Waals surface area contributed by atoms with E-state index >= 15 is 0 Å². The number of benzene rings is 1. The highest BCUT2D eigenvalue weighted by atomic mass is 79.9. The number of hydrogen-bond acceptors (Lipinski definition) is 2. The molecule has 2 unspecified atom stereocenters. The molecule has 18 heavy (non-hydrogen) atoms. The van der Waals surface area contributed by atoms with Crippen molar-refractivity contribution in [3.8, 4) is 0 Å². The van der Waals surface area contributed by atoms with Gasteiger partial charge in [-0.1, -0.05) is 22.0 Å². The molecule has 0 saturated heterocycles. The molecular formula is C15H22BrNS. The average molecular weight is 328 g/mol. The largest absolute Gasteiger partial charge is 0.311 e. The van der Waals surface area contributed by atoms with Crippen molar-refractivity contribution in [2.75, 3.05) is 12.0 Å². The summed E-state index contributed by atoms with van der Waals surface area (Å²) in [6.45, 7) is 2.31. The van der Waals surface area contributed by atoms with Crippen LogP contribution < -0.4 is 5.32 Å². The number of thioether (sulfide) groups is 1. The SMILES string of the molecule is CSCCC(C)NC1CCc2cc(Br)ccc2C1. The maximum absolute atomic E-state index is 3.78. The first kappa shape index (κ1) is 14.4. The number of fused-ring (bicyclic) bond motifs is 1. The van der Waals surface area contributed by atoms with Gasteiger partial charge in [0.1, 0.15) is 0 Å². The summed E-state index contributed by atoms with van der Waals surface area (Å²) in [5.74, 6) is 1.25. The third-order valence-electron chi connectivity index (χ3n) is 3.67. The van der Waals surface area contributed by atoms with E-state index in [1.165, 1.54) is 47.0 Å². The Bertz CT molecular complexity index is 394. The molecule has 2 atom stereocenters. The molecule has 100 valence electrons. The van der Waals surface area contributed by atoms with Crippen LogP contribution in [0.4, 0.5) is 0 Å². The van der Waals surface area contributed by atoms with E-state index in [4.69, 9.17) is 0 Å². The van der Waals surface area contributed by atoms with Crippen molar-refractivity contribution in [2.45, 2.75) is 44.7 Å². The highest BCUT2D eigenvalue weighted by Crippen LogP contribution is 2.25. The Morgan fingerprint density at radius 1 is 1.44 bits per heavy atom. The molecule has 0 saturated carbocycles. The van der Waals surface area contributed by atoms with Gasteiger partial charge in [-0.25, -0.2) is 0 Å². The maximum Gasteiger partial charge on any atom is 0.0178 e. The van der Waals surface area contributed by atoms with Gasteiger partial charge in [-0.2, -0.15) is 11.8 Å². The molecule has 0 fully saturated rings. The zero-order chi connectivity index (χ0) is 13.0. The monoisotopic (exact) mass is 327 g/mol. The van der Waals surface area contributed by atoms with Gasteiger partial charge in [0.05, 0.1) is 0 Å². The van der Waals surface area contributed by atoms with E-state index in [-0.39, 0.29) is 0 Å². The topological polar surface area (TPSA) is 12.0 Å². The molecule has 3 heteroatoms. The first-order chi connectivity index (χ1) is 8.69. The number of aryl methyl sites for hydroxylation is 1. The van der Waals surface area contributed by atoms with Crippen LogP contribution in [0.15, 0.2) is 22.7 Å². The maximum atomic E-state index is 3.78. The number of halogens is 1. The Labute approximate surface area is 123 Å². The van der Waals surface area contributed by atoms with Gasteiger partial charge in [-0.3, -0.25) is 0 Å². The Balaban J connectivity index is 1.89. The molecule has 0 spiro atoms. The highest BCUT2D eigenvalue weighted by molar-refractivity contribution is 9.10. The molecule has 1 aromatic rings. The van der Waals surface area contributed by atoms with Crippen molar-refractivity contribution in [3.63, 3.8) is 0 Å². The fourth-order valence-corrected chi connectivity index (χ4v) is 3.64. The third-order valence-corrected chi connectivity index (χ3v) is 4.81. The second-order valence-electron chi connectivity index (χ2n) is 5.20. The fraction of sp³-hybridized carbons (Fsp3) is 0.600. The summed E-state index contributed by atoms with van der Waals surface area (Å²) in [5.41, 5.74) is 3.05. The van der Waals surface area contributed by atoms with Gasteiger partial charge < -0.3 is 5.32 Å². The predicted octanol–water partition coefficient (Wildman–Crippen LogP) is 4.04. The molecule has 1 nitrogen and oxygen atoms in total. The van der Waals surface area contributed by atoms with Gasteiger partial charge in [0.2, 0.25) is 0 Å². The van der Waals surface area contributed by atoms with Crippen LogP contribution in [0.3, 0.4) is 0 Å². The van der Waals surface area contributed by atoms with Gasteiger partial charge in [-0.05, 0) is 67.9 Å². The quantitative estimate of drug-likeness (QED) is 0.875. The summed E-state index contributed by atoms with van der Waals surface area (Å²) in [4.78, 5) is 0. The van der Waals surface area contributed by atoms with Crippen LogP contribution in [-0.2, 0) is 12.8 Å². The first-order valence-electron chi connectivity index (χ1n) is 6.71. The van der Waals surface area contributed by atoms with Crippen molar-refractivity contribution in [3.05, 3.63) is 33.8 Å². The second-order valence-corrected chi connectivity index (χ2v) is 7.10. The summed E-state index contributed by atoms with van der Waals surface area (Å²) < 4.78 is 1.21. The van der Waals surface area contributed by atoms with Gasteiger partial charge in [0.25, 0.3) is 0 Å². The molecule has 0 heterocycles. The van der Waals surface area contributed by atoms with Crippen LogP contribution in [0, 0.1) is 0 Å². The molecule has 1 N–H and O–H groups in total. The van der Waals surface area contributed by atoms with Crippen molar-refractivity contribution < 1.29 is 0 Å². The van der Waals surface area contributed by atoms with Crippen LogP contribution in [-0.4, -0.2) is 24.1 Å². The minimum absolute atomic E-state index is 0.638. The molecular weight excluding hydrogens is 306 g/mol. The smallest absolute Gasteiger partial charge is 0.0178 e. The zero-order valence-electron chi connectivity index (χ0n) is 11.2. The van der Waals surface area contributed by atoms with Crippen LogP contribution in [0.5, 0.6) is 0 Å². The van der Waals surface area contributed by atoms with Crippen LogP contribution >= 0.6 is 27.7 Å². The minimum atomic E-state index is 0.638. The Kier molecular flexibility index (Phi) is 5.58. The molecule has 1 aliphatic carbocycles. The molecule has 0 aliphatic heterocycles. The lowest BCUT2D eigenvalue weighted by Crippen LogP contribution is -2.40. The zero-order valence-corrected chi connectivity index (χ0v) is 13.6. The van der Waals surface area contributed by atoms with Crippen molar-refractivity contribution in [2.24, 2.45) is 0 Å². The number of rotatable bonds is 5. The second kappa shape index (κ2) is 6.97. The summed E-state index contributed by atoms with van der Waals surface area (Å²) in [6, 6.07) is 8.02. The lowest BCUT2D eigenvalue weighted by Gasteiger charge is -2.28. The van der Waals surface area contributed by atoms with Gasteiger partial charge >= 0.3 is 0 Å². The van der Waals surface area contributed by atoms with Crippen LogP contribution in [0.2, 0.25) is 0 Å². The molecule has 1 aromatic carbocycles. The standard InChI is InChI=1S/C15H22BrNS/c1-11(7-8-18-2)17-15-6-4-12-9-14(16)5-3-13(12)10-15/h3,5,9,11,15,17H,4,6-8,10H2,1-2H3. The van der Waals surface area contributed by atoms with Crippen molar-refractivity contribution >= 4 is 27.7 Å². The van der Waals surface area contributed by atoms with E-state index in [2.05, 4.69) is 52.6 Å². The third kappa shape index (κ3) is 4.01. The van der Waals surface area contributed by atoms with E-state index in [9.17, 15) is 0 Å². The lowest BCUT2D eigenvalue weighted by atomic mass is 9.88. The first-order valence-corrected chi connectivity index (χ1v) is 8.90. The van der Waals surface area contributed by atoms with E-state index in [0.29, 0.717) is 12.1 Å². The number of nitrogens with one attached hydrogen (secondary N) is 1. The van der Waals surface area contributed by atoms with Crippen molar-refractivity contribution in [1.29, 1.82) is 0 Å². The van der Waals surface area contributed by atoms with E-state index in [1.807, 2.05) is 11.8 Å². The van der Waals surface area contributed by atoms with E-state index in [0.717, 1.165) is 0 Å². The van der Waals surface area contributed by atoms with Gasteiger partial charge in [0.15, 0.2) is 0 Å². The lowest BCUT2D eigenvalue weighted by molar-refractivity contribution is 0.402. The van der Waals surface area contributed by atoms with Gasteiger partial charge in [-0.15, -0.1) is 0 Å². The summed E-state index contributed by atoms with van der Waals surface area (Å²) in [5, 5.41) is 3.78. The number of hydrogen-bond donors (Lipinski definition) is 1. The highest BCUT2D eigenvalue weighted by Gasteiger charge is 2.19. The Hall–Kier alpha value is 0.01000. The fourth-order valence-electron chi connectivity index (χ4n) is 2.65. The Morgan fingerprint density at radius 2 is 2.28 bits per heavy atom. The van der Waals surface area contributed by atoms with Crippen molar-refractivity contribution in [1.82, 2.24) is 5.32 Å². The van der Waals surface area contributed by atoms with Crippen LogP contribution in [0.1, 0.15) is 30.9 Å². The normalized spacial score (nSPS) is 20.5. The Morgan fingerprint density at radius 3 is 3.06 bits per heavy atom. The predicted molar refractivity (Wildman–Crippen MR) is 85.6 cm³/mol. The summed E-state index contributed by atoms with van der Waals surface area (Å²) >= 11 is 5.49. The molecule has 2 rings (SSSR count). The minimum Gasteiger partial charge on any atom is -0.311 e. The molecule has 0 bridgehead atoms. The molecule has 0 amide bonds. The molecule has 1 aliphatic rings. The molecule has 0 aromatic heterocycles. The molecule has 0 radical (unpaired) electrons. The average Bonchev–Trinajstić information content (AvgIpc) is 2.36. The van der Waals surface area contributed by atoms with Crippen LogP contribution in [0.25, 0.3) is 0 Å². The summed E-state index contributed by atoms with van der Waals surface area (Å²) in [6.07, 6.45) is 7.12. The van der Waals surface area contributed by atoms with E-state index < -0.39 is 0 Å². The summed E-state index contributed by atoms with van der Waals surface area (Å²) in [7, 11) is 0. The van der Waals surface area contributed by atoms with Gasteiger partial charge in [0, 0.05) is 16.6 Å².